The topological polar surface area (TPSA) is 137 Å². The van der Waals surface area contributed by atoms with Crippen molar-refractivity contribution < 1.29 is 23.9 Å². The van der Waals surface area contributed by atoms with Crippen LogP contribution in [0.25, 0.3) is 0 Å². The highest BCUT2D eigenvalue weighted by molar-refractivity contribution is 5.91. The SMILES string of the molecule is O=C(NC1CCC(C(=O)NCCc2ccn[nH]2)CC1)c1ccco1.O=CO. The molecular formula is C18H24N4O5. The third-order valence-corrected chi connectivity index (χ3v) is 4.43. The molecular weight excluding hydrogens is 352 g/mol. The van der Waals surface area contributed by atoms with E-state index in [1.165, 1.54) is 6.26 Å². The number of hydrogen-bond donors (Lipinski definition) is 4. The standard InChI is InChI=1S/C17H22N4O3.CH2O2/c22-16(18-9-7-14-8-10-19-21-14)12-3-5-13(6-4-12)20-17(23)15-2-1-11-24-15;2-1-3/h1-2,8,10-13H,3-7,9H2,(H,18,22)(H,19,21)(H,20,23);1H,(H,2,3). The van der Waals surface area contributed by atoms with Crippen molar-refractivity contribution >= 4 is 18.3 Å². The van der Waals surface area contributed by atoms with Crippen molar-refractivity contribution in [3.8, 4) is 0 Å². The van der Waals surface area contributed by atoms with E-state index >= 15 is 0 Å². The fourth-order valence-electron chi connectivity index (χ4n) is 3.05. The van der Waals surface area contributed by atoms with Gasteiger partial charge in [-0.25, -0.2) is 0 Å². The van der Waals surface area contributed by atoms with Crippen LogP contribution in [0.2, 0.25) is 0 Å². The predicted molar refractivity (Wildman–Crippen MR) is 95.9 cm³/mol. The largest absolute Gasteiger partial charge is 0.483 e. The van der Waals surface area contributed by atoms with Crippen molar-refractivity contribution in [3.63, 3.8) is 0 Å². The van der Waals surface area contributed by atoms with E-state index in [4.69, 9.17) is 14.3 Å². The van der Waals surface area contributed by atoms with Gasteiger partial charge in [0.05, 0.1) is 6.26 Å². The Labute approximate surface area is 156 Å². The van der Waals surface area contributed by atoms with Gasteiger partial charge in [0, 0.05) is 36.8 Å². The molecule has 2 heterocycles. The summed E-state index contributed by atoms with van der Waals surface area (Å²) in [5, 5.41) is 19.6. The van der Waals surface area contributed by atoms with Gasteiger partial charge in [-0.1, -0.05) is 0 Å². The van der Waals surface area contributed by atoms with Gasteiger partial charge in [-0.05, 0) is 43.9 Å². The molecule has 2 amide bonds. The summed E-state index contributed by atoms with van der Waals surface area (Å²) in [5.41, 5.74) is 1.01. The third kappa shape index (κ3) is 6.61. The van der Waals surface area contributed by atoms with E-state index in [2.05, 4.69) is 20.8 Å². The minimum absolute atomic E-state index is 0.0310. The lowest BCUT2D eigenvalue weighted by atomic mass is 9.85. The monoisotopic (exact) mass is 376 g/mol. The number of carbonyl (C=O) groups excluding carboxylic acids is 2. The van der Waals surface area contributed by atoms with Gasteiger partial charge in [0.2, 0.25) is 5.91 Å². The minimum Gasteiger partial charge on any atom is -0.483 e. The van der Waals surface area contributed by atoms with Gasteiger partial charge in [-0.2, -0.15) is 5.10 Å². The first-order valence-electron chi connectivity index (χ1n) is 8.82. The van der Waals surface area contributed by atoms with Crippen molar-refractivity contribution in [1.82, 2.24) is 20.8 Å². The van der Waals surface area contributed by atoms with Crippen molar-refractivity contribution in [1.29, 1.82) is 0 Å². The van der Waals surface area contributed by atoms with Crippen LogP contribution >= 0.6 is 0 Å². The molecule has 0 spiro atoms. The van der Waals surface area contributed by atoms with Gasteiger partial charge in [0.1, 0.15) is 0 Å². The van der Waals surface area contributed by atoms with E-state index in [0.717, 1.165) is 37.8 Å². The van der Waals surface area contributed by atoms with E-state index in [1.807, 2.05) is 6.07 Å². The van der Waals surface area contributed by atoms with E-state index in [-0.39, 0.29) is 30.2 Å². The molecule has 0 saturated heterocycles. The van der Waals surface area contributed by atoms with Crippen LogP contribution in [-0.4, -0.2) is 46.2 Å². The smallest absolute Gasteiger partial charge is 0.290 e. The summed E-state index contributed by atoms with van der Waals surface area (Å²) in [4.78, 5) is 32.5. The number of rotatable bonds is 6. The summed E-state index contributed by atoms with van der Waals surface area (Å²) in [6.07, 6.45) is 7.14. The Morgan fingerprint density at radius 1 is 1.30 bits per heavy atom. The maximum absolute atomic E-state index is 12.2. The number of carbonyl (C=O) groups is 3. The fraction of sp³-hybridized carbons (Fsp3) is 0.444. The van der Waals surface area contributed by atoms with Gasteiger partial charge >= 0.3 is 0 Å². The van der Waals surface area contributed by atoms with Crippen LogP contribution in [0, 0.1) is 5.92 Å². The van der Waals surface area contributed by atoms with Gasteiger partial charge in [0.25, 0.3) is 12.4 Å². The molecule has 4 N–H and O–H groups in total. The van der Waals surface area contributed by atoms with Crippen molar-refractivity contribution in [2.45, 2.75) is 38.1 Å². The highest BCUT2D eigenvalue weighted by Gasteiger charge is 2.27. The Balaban J connectivity index is 0.000000817. The van der Waals surface area contributed by atoms with Crippen LogP contribution in [0.1, 0.15) is 41.9 Å². The van der Waals surface area contributed by atoms with Crippen LogP contribution < -0.4 is 10.6 Å². The zero-order chi connectivity index (χ0) is 19.5. The maximum Gasteiger partial charge on any atom is 0.290 e. The van der Waals surface area contributed by atoms with Crippen LogP contribution in [-0.2, 0) is 16.0 Å². The van der Waals surface area contributed by atoms with Crippen LogP contribution in [0.3, 0.4) is 0 Å². The Bertz CT molecular complexity index is 691. The molecule has 27 heavy (non-hydrogen) atoms. The quantitative estimate of drug-likeness (QED) is 0.562. The van der Waals surface area contributed by atoms with Gasteiger partial charge in [-0.15, -0.1) is 0 Å². The minimum atomic E-state index is -0.250. The molecule has 1 fully saturated rings. The molecule has 1 saturated carbocycles. The predicted octanol–water partition coefficient (Wildman–Crippen LogP) is 1.35. The summed E-state index contributed by atoms with van der Waals surface area (Å²) in [7, 11) is 0. The van der Waals surface area contributed by atoms with Crippen LogP contribution in [0.15, 0.2) is 35.1 Å². The average molecular weight is 376 g/mol. The zero-order valence-electron chi connectivity index (χ0n) is 14.9. The lowest BCUT2D eigenvalue weighted by Gasteiger charge is -2.28. The second-order valence-corrected chi connectivity index (χ2v) is 6.23. The number of furan rings is 1. The maximum atomic E-state index is 12.2. The number of H-pyrrole nitrogens is 1. The molecule has 3 rings (SSSR count). The van der Waals surface area contributed by atoms with Crippen LogP contribution in [0.5, 0.6) is 0 Å². The Hall–Kier alpha value is -3.10. The molecule has 1 aliphatic rings. The Morgan fingerprint density at radius 2 is 2.04 bits per heavy atom. The third-order valence-electron chi connectivity index (χ3n) is 4.43. The fourth-order valence-corrected chi connectivity index (χ4v) is 3.05. The van der Waals surface area contributed by atoms with Gasteiger partial charge in [-0.3, -0.25) is 19.5 Å². The normalized spacial score (nSPS) is 18.7. The molecule has 1 aliphatic carbocycles. The first-order valence-corrected chi connectivity index (χ1v) is 8.82. The van der Waals surface area contributed by atoms with Gasteiger partial charge < -0.3 is 20.2 Å². The molecule has 0 aliphatic heterocycles. The van der Waals surface area contributed by atoms with E-state index in [1.54, 1.807) is 18.3 Å². The van der Waals surface area contributed by atoms with E-state index in [9.17, 15) is 9.59 Å². The van der Waals surface area contributed by atoms with E-state index < -0.39 is 0 Å². The molecule has 146 valence electrons. The number of aromatic amines is 1. The van der Waals surface area contributed by atoms with Crippen molar-refractivity contribution in [3.05, 3.63) is 42.1 Å². The molecule has 2 aromatic rings. The number of hydrogen-bond acceptors (Lipinski definition) is 5. The average Bonchev–Trinajstić information content (AvgIpc) is 3.37. The zero-order valence-corrected chi connectivity index (χ0v) is 14.9. The lowest BCUT2D eigenvalue weighted by molar-refractivity contribution is -0.126. The molecule has 0 bridgehead atoms. The number of nitrogens with one attached hydrogen (secondary N) is 3. The second-order valence-electron chi connectivity index (χ2n) is 6.23. The highest BCUT2D eigenvalue weighted by atomic mass is 16.3. The number of carboxylic acid groups (broad SMARTS) is 1. The molecule has 0 radical (unpaired) electrons. The van der Waals surface area contributed by atoms with Crippen molar-refractivity contribution in [2.24, 2.45) is 5.92 Å². The number of aromatic nitrogens is 2. The molecule has 2 aromatic heterocycles. The summed E-state index contributed by atoms with van der Waals surface area (Å²) < 4.78 is 5.09. The summed E-state index contributed by atoms with van der Waals surface area (Å²) in [6.45, 7) is 0.357. The first-order chi connectivity index (χ1) is 13.1. The van der Waals surface area contributed by atoms with E-state index in [0.29, 0.717) is 12.3 Å². The van der Waals surface area contributed by atoms with Crippen LogP contribution in [0.4, 0.5) is 0 Å². The molecule has 0 unspecified atom stereocenters. The molecule has 0 aromatic carbocycles. The first kappa shape index (κ1) is 20.2. The summed E-state index contributed by atoms with van der Waals surface area (Å²) in [6, 6.07) is 5.35. The number of amides is 2. The Morgan fingerprint density at radius 3 is 2.63 bits per heavy atom. The molecule has 9 heteroatoms. The summed E-state index contributed by atoms with van der Waals surface area (Å²) in [5.74, 6) is 0.273. The Kier molecular flexibility index (Phi) is 8.08. The summed E-state index contributed by atoms with van der Waals surface area (Å²) >= 11 is 0. The van der Waals surface area contributed by atoms with Gasteiger partial charge in [0.15, 0.2) is 5.76 Å². The number of nitrogens with zero attached hydrogens (tertiary/aromatic N) is 1. The highest BCUT2D eigenvalue weighted by Crippen LogP contribution is 2.24. The van der Waals surface area contributed by atoms with Crippen molar-refractivity contribution in [2.75, 3.05) is 6.54 Å². The lowest BCUT2D eigenvalue weighted by Crippen LogP contribution is -2.41. The molecule has 9 nitrogen and oxygen atoms in total. The molecule has 0 atom stereocenters. The second kappa shape index (κ2) is 10.8.